The van der Waals surface area contributed by atoms with Crippen LogP contribution >= 0.6 is 0 Å². The summed E-state index contributed by atoms with van der Waals surface area (Å²) in [6.07, 6.45) is 3.45. The third-order valence-electron chi connectivity index (χ3n) is 4.55. The van der Waals surface area contributed by atoms with E-state index in [0.717, 1.165) is 18.4 Å². The van der Waals surface area contributed by atoms with E-state index < -0.39 is 15.6 Å². The number of sulfonamides is 1. The van der Waals surface area contributed by atoms with E-state index >= 15 is 0 Å². The summed E-state index contributed by atoms with van der Waals surface area (Å²) in [6.45, 7) is 2.39. The zero-order valence-corrected chi connectivity index (χ0v) is 12.4. The second-order valence-corrected chi connectivity index (χ2v) is 7.66. The van der Waals surface area contributed by atoms with Gasteiger partial charge in [-0.05, 0) is 44.7 Å². The third kappa shape index (κ3) is 1.91. The molecule has 1 unspecified atom stereocenters. The minimum absolute atomic E-state index is 0.102. The second-order valence-electron chi connectivity index (χ2n) is 5.80. The first-order valence-electron chi connectivity index (χ1n) is 7.10. The lowest BCUT2D eigenvalue weighted by Crippen LogP contribution is -2.50. The maximum absolute atomic E-state index is 12.8. The smallest absolute Gasteiger partial charge is 0.243 e. The van der Waals surface area contributed by atoms with E-state index in [1.807, 2.05) is 6.92 Å². The number of ketones is 1. The topological polar surface area (TPSA) is 54.5 Å². The fourth-order valence-corrected chi connectivity index (χ4v) is 5.33. The first-order valence-corrected chi connectivity index (χ1v) is 8.54. The molecule has 1 aromatic rings. The van der Waals surface area contributed by atoms with E-state index in [9.17, 15) is 13.2 Å². The number of carbonyl (C=O) groups is 1. The fourth-order valence-electron chi connectivity index (χ4n) is 3.48. The predicted molar refractivity (Wildman–Crippen MR) is 75.9 cm³/mol. The van der Waals surface area contributed by atoms with Crippen LogP contribution in [0.15, 0.2) is 29.2 Å². The summed E-state index contributed by atoms with van der Waals surface area (Å²) in [6, 6.07) is 6.87. The highest BCUT2D eigenvalue weighted by Gasteiger charge is 2.54. The monoisotopic (exact) mass is 293 g/mol. The van der Waals surface area contributed by atoms with Crippen LogP contribution in [0, 0.1) is 6.92 Å². The number of Topliss-reactive ketones (excluding diaryl/α,β-unsaturated/α-hetero) is 1. The van der Waals surface area contributed by atoms with Crippen molar-refractivity contribution >= 4 is 15.8 Å². The summed E-state index contributed by atoms with van der Waals surface area (Å²) in [5.74, 6) is 0.102. The van der Waals surface area contributed by atoms with E-state index in [1.165, 1.54) is 4.31 Å². The second kappa shape index (κ2) is 4.67. The molecular weight excluding hydrogens is 274 g/mol. The minimum atomic E-state index is -3.57. The normalized spacial score (nSPS) is 27.6. The Labute approximate surface area is 119 Å². The predicted octanol–water partition coefficient (Wildman–Crippen LogP) is 2.27. The lowest BCUT2D eigenvalue weighted by Gasteiger charge is -2.32. The summed E-state index contributed by atoms with van der Waals surface area (Å²) in [7, 11) is -3.57. The van der Waals surface area contributed by atoms with Crippen molar-refractivity contribution in [2.45, 2.75) is 49.5 Å². The van der Waals surface area contributed by atoms with Crippen LogP contribution in [0.3, 0.4) is 0 Å². The molecule has 1 aliphatic heterocycles. The number of carbonyl (C=O) groups excluding carboxylic acids is 1. The molecule has 5 heteroatoms. The first kappa shape index (κ1) is 13.8. The molecule has 1 aromatic carbocycles. The van der Waals surface area contributed by atoms with Crippen LogP contribution in [0.25, 0.3) is 0 Å². The van der Waals surface area contributed by atoms with Gasteiger partial charge in [-0.3, -0.25) is 4.79 Å². The molecule has 0 N–H and O–H groups in total. The van der Waals surface area contributed by atoms with Crippen LogP contribution in [0.4, 0.5) is 0 Å². The van der Waals surface area contributed by atoms with E-state index in [1.54, 1.807) is 24.3 Å². The SMILES string of the molecule is Cc1ccc(S(=O)(=O)N2CCCC23CCCC3=O)cc1. The van der Waals surface area contributed by atoms with Crippen LogP contribution in [0.5, 0.6) is 0 Å². The number of benzene rings is 1. The van der Waals surface area contributed by atoms with Crippen molar-refractivity contribution in [3.8, 4) is 0 Å². The van der Waals surface area contributed by atoms with Crippen molar-refractivity contribution in [2.24, 2.45) is 0 Å². The highest BCUT2D eigenvalue weighted by atomic mass is 32.2. The molecule has 1 atom stereocenters. The Balaban J connectivity index is 2.03. The fraction of sp³-hybridized carbons (Fsp3) is 0.533. The maximum atomic E-state index is 12.8. The molecule has 4 nitrogen and oxygen atoms in total. The average molecular weight is 293 g/mol. The van der Waals surface area contributed by atoms with Gasteiger partial charge in [-0.25, -0.2) is 8.42 Å². The number of aryl methyl sites for hydroxylation is 1. The summed E-state index contributed by atoms with van der Waals surface area (Å²) in [4.78, 5) is 12.5. The summed E-state index contributed by atoms with van der Waals surface area (Å²) < 4.78 is 27.1. The molecule has 0 aromatic heterocycles. The number of nitrogens with zero attached hydrogens (tertiary/aromatic N) is 1. The van der Waals surface area contributed by atoms with Gasteiger partial charge in [0.2, 0.25) is 10.0 Å². The third-order valence-corrected chi connectivity index (χ3v) is 6.53. The highest BCUT2D eigenvalue weighted by Crippen LogP contribution is 2.43. The van der Waals surface area contributed by atoms with E-state index in [4.69, 9.17) is 0 Å². The molecule has 0 amide bonds. The molecule has 20 heavy (non-hydrogen) atoms. The van der Waals surface area contributed by atoms with Crippen molar-refractivity contribution < 1.29 is 13.2 Å². The Bertz CT molecular complexity index is 632. The number of rotatable bonds is 2. The Morgan fingerprint density at radius 3 is 2.35 bits per heavy atom. The lowest BCUT2D eigenvalue weighted by molar-refractivity contribution is -0.124. The molecule has 2 fully saturated rings. The quantitative estimate of drug-likeness (QED) is 0.840. The molecule has 1 aliphatic carbocycles. The summed E-state index contributed by atoms with van der Waals surface area (Å²) in [5.41, 5.74) is 0.279. The average Bonchev–Trinajstić information content (AvgIpc) is 2.99. The molecule has 1 saturated heterocycles. The van der Waals surface area contributed by atoms with Gasteiger partial charge in [-0.1, -0.05) is 17.7 Å². The molecule has 108 valence electrons. The standard InChI is InChI=1S/C15H19NO3S/c1-12-5-7-13(8-6-12)20(18,19)16-11-3-10-15(16)9-2-4-14(15)17/h5-8H,2-4,9-11H2,1H3. The van der Waals surface area contributed by atoms with Gasteiger partial charge in [0.05, 0.1) is 10.4 Å². The number of hydrogen-bond acceptors (Lipinski definition) is 3. The van der Waals surface area contributed by atoms with Gasteiger partial charge in [0.1, 0.15) is 0 Å². The molecular formula is C15H19NO3S. The maximum Gasteiger partial charge on any atom is 0.243 e. The van der Waals surface area contributed by atoms with Crippen molar-refractivity contribution in [1.82, 2.24) is 4.31 Å². The zero-order chi connectivity index (χ0) is 14.4. The van der Waals surface area contributed by atoms with Crippen LogP contribution in [0.1, 0.15) is 37.7 Å². The number of hydrogen-bond donors (Lipinski definition) is 0. The summed E-state index contributed by atoms with van der Waals surface area (Å²) in [5, 5.41) is 0. The van der Waals surface area contributed by atoms with Gasteiger partial charge >= 0.3 is 0 Å². The first-order chi connectivity index (χ1) is 9.47. The molecule has 1 saturated carbocycles. The minimum Gasteiger partial charge on any atom is -0.298 e. The molecule has 0 bridgehead atoms. The highest BCUT2D eigenvalue weighted by molar-refractivity contribution is 7.89. The Morgan fingerprint density at radius 1 is 1.10 bits per heavy atom. The van der Waals surface area contributed by atoms with Crippen LogP contribution in [-0.2, 0) is 14.8 Å². The van der Waals surface area contributed by atoms with Gasteiger partial charge in [-0.2, -0.15) is 4.31 Å². The van der Waals surface area contributed by atoms with Crippen molar-refractivity contribution in [2.75, 3.05) is 6.54 Å². The van der Waals surface area contributed by atoms with Crippen LogP contribution in [0.2, 0.25) is 0 Å². The van der Waals surface area contributed by atoms with Crippen LogP contribution in [-0.4, -0.2) is 30.6 Å². The Morgan fingerprint density at radius 2 is 1.75 bits per heavy atom. The summed E-state index contributed by atoms with van der Waals surface area (Å²) >= 11 is 0. The molecule has 2 aliphatic rings. The largest absolute Gasteiger partial charge is 0.298 e. The Hall–Kier alpha value is -1.20. The van der Waals surface area contributed by atoms with Gasteiger partial charge in [-0.15, -0.1) is 0 Å². The van der Waals surface area contributed by atoms with Crippen LogP contribution < -0.4 is 0 Å². The van der Waals surface area contributed by atoms with Gasteiger partial charge < -0.3 is 0 Å². The molecule has 1 spiro atoms. The van der Waals surface area contributed by atoms with E-state index in [2.05, 4.69) is 0 Å². The van der Waals surface area contributed by atoms with Gasteiger partial charge in [0.25, 0.3) is 0 Å². The molecule has 1 heterocycles. The van der Waals surface area contributed by atoms with E-state index in [0.29, 0.717) is 30.7 Å². The van der Waals surface area contributed by atoms with E-state index in [-0.39, 0.29) is 5.78 Å². The Kier molecular flexibility index (Phi) is 3.21. The molecule has 3 rings (SSSR count). The van der Waals surface area contributed by atoms with Crippen molar-refractivity contribution in [1.29, 1.82) is 0 Å². The van der Waals surface area contributed by atoms with Gasteiger partial charge in [0, 0.05) is 13.0 Å². The van der Waals surface area contributed by atoms with Crippen molar-refractivity contribution in [3.63, 3.8) is 0 Å². The molecule has 0 radical (unpaired) electrons. The van der Waals surface area contributed by atoms with Crippen molar-refractivity contribution in [3.05, 3.63) is 29.8 Å². The van der Waals surface area contributed by atoms with Gasteiger partial charge in [0.15, 0.2) is 5.78 Å². The lowest BCUT2D eigenvalue weighted by atomic mass is 9.95. The zero-order valence-electron chi connectivity index (χ0n) is 11.6.